The second kappa shape index (κ2) is 12.1. The Kier molecular flexibility index (Phi) is 8.87. The van der Waals surface area contributed by atoms with Gasteiger partial charge in [0.2, 0.25) is 5.91 Å². The third-order valence-corrected chi connectivity index (χ3v) is 7.86. The summed E-state index contributed by atoms with van der Waals surface area (Å²) in [6.45, 7) is 10.3. The van der Waals surface area contributed by atoms with Crippen LogP contribution >= 0.6 is 0 Å². The van der Waals surface area contributed by atoms with Crippen molar-refractivity contribution in [2.24, 2.45) is 11.3 Å². The lowest BCUT2D eigenvalue weighted by molar-refractivity contribution is -0.143. The van der Waals surface area contributed by atoms with Crippen LogP contribution in [0.25, 0.3) is 0 Å². The molecule has 1 fully saturated rings. The van der Waals surface area contributed by atoms with Crippen LogP contribution < -0.4 is 9.64 Å². The van der Waals surface area contributed by atoms with Gasteiger partial charge >= 0.3 is 5.97 Å². The maximum atomic E-state index is 13.8. The number of hydrogen-bond acceptors (Lipinski definition) is 5. The SMILES string of the molecule is CC=CC(C)(C)C[C@H]1[C@H](C(=O)O)[C@@H](c2ccc3c(c2)CCO3)CN1CC(=O)N(CCCC)c1cccnc1. The maximum Gasteiger partial charge on any atom is 0.308 e. The van der Waals surface area contributed by atoms with Gasteiger partial charge in [-0.15, -0.1) is 0 Å². The van der Waals surface area contributed by atoms with Crippen molar-refractivity contribution >= 4 is 17.6 Å². The first-order valence-corrected chi connectivity index (χ1v) is 13.8. The fourth-order valence-electron chi connectivity index (χ4n) is 6.07. The molecule has 0 unspecified atom stereocenters. The van der Waals surface area contributed by atoms with E-state index in [1.807, 2.05) is 37.3 Å². The van der Waals surface area contributed by atoms with Crippen molar-refractivity contribution in [2.75, 3.05) is 31.1 Å². The molecule has 0 aliphatic carbocycles. The molecule has 4 rings (SSSR count). The number of carboxylic acid groups (broad SMARTS) is 1. The van der Waals surface area contributed by atoms with E-state index in [4.69, 9.17) is 4.74 Å². The van der Waals surface area contributed by atoms with E-state index < -0.39 is 11.9 Å². The smallest absolute Gasteiger partial charge is 0.308 e. The number of carboxylic acids is 1. The fourth-order valence-corrected chi connectivity index (χ4v) is 6.07. The van der Waals surface area contributed by atoms with E-state index >= 15 is 0 Å². The molecule has 1 amide bonds. The predicted octanol–water partition coefficient (Wildman–Crippen LogP) is 5.31. The molecule has 0 saturated carbocycles. The summed E-state index contributed by atoms with van der Waals surface area (Å²) in [5.74, 6) is -0.764. The molecular weight excluding hydrogens is 478 g/mol. The molecule has 1 saturated heterocycles. The number of ether oxygens (including phenoxy) is 1. The van der Waals surface area contributed by atoms with Gasteiger partial charge in [0.1, 0.15) is 5.75 Å². The van der Waals surface area contributed by atoms with Crippen LogP contribution in [0.2, 0.25) is 0 Å². The maximum absolute atomic E-state index is 13.8. The average molecular weight is 520 g/mol. The number of fused-ring (bicyclic) bond motifs is 1. The van der Waals surface area contributed by atoms with E-state index in [2.05, 4.69) is 42.8 Å². The van der Waals surface area contributed by atoms with Crippen molar-refractivity contribution in [3.8, 4) is 5.75 Å². The highest BCUT2D eigenvalue weighted by atomic mass is 16.5. The minimum absolute atomic E-state index is 0.0209. The minimum Gasteiger partial charge on any atom is -0.493 e. The summed E-state index contributed by atoms with van der Waals surface area (Å²) in [6, 6.07) is 9.57. The van der Waals surface area contributed by atoms with Crippen molar-refractivity contribution in [2.45, 2.75) is 65.3 Å². The summed E-state index contributed by atoms with van der Waals surface area (Å²) in [5, 5.41) is 10.5. The van der Waals surface area contributed by atoms with Crippen molar-refractivity contribution in [3.05, 3.63) is 66.0 Å². The Hall–Kier alpha value is -3.19. The molecule has 1 aromatic heterocycles. The predicted molar refractivity (Wildman–Crippen MR) is 150 cm³/mol. The second-order valence-electron chi connectivity index (χ2n) is 11.2. The van der Waals surface area contributed by atoms with Gasteiger partial charge in [-0.3, -0.25) is 19.5 Å². The lowest BCUT2D eigenvalue weighted by Gasteiger charge is -2.34. The number of amides is 1. The number of likely N-dealkylation sites (tertiary alicyclic amines) is 1. The molecule has 38 heavy (non-hydrogen) atoms. The van der Waals surface area contributed by atoms with Crippen LogP contribution in [-0.4, -0.2) is 59.1 Å². The van der Waals surface area contributed by atoms with E-state index in [0.717, 1.165) is 41.8 Å². The van der Waals surface area contributed by atoms with E-state index in [9.17, 15) is 14.7 Å². The number of pyridine rings is 1. The van der Waals surface area contributed by atoms with Gasteiger partial charge in [-0.1, -0.05) is 51.5 Å². The molecule has 1 N–H and O–H groups in total. The molecule has 3 atom stereocenters. The fraction of sp³-hybridized carbons (Fsp3) is 0.516. The van der Waals surface area contributed by atoms with Gasteiger partial charge < -0.3 is 14.7 Å². The molecule has 2 aromatic rings. The van der Waals surface area contributed by atoms with Crippen LogP contribution in [0.5, 0.6) is 5.75 Å². The zero-order chi connectivity index (χ0) is 27.3. The molecule has 7 nitrogen and oxygen atoms in total. The number of hydrogen-bond donors (Lipinski definition) is 1. The van der Waals surface area contributed by atoms with Gasteiger partial charge in [0.15, 0.2) is 0 Å². The van der Waals surface area contributed by atoms with Gasteiger partial charge in [0, 0.05) is 37.7 Å². The molecule has 0 spiro atoms. The van der Waals surface area contributed by atoms with Crippen molar-refractivity contribution in [1.82, 2.24) is 9.88 Å². The molecule has 0 radical (unpaired) electrons. The first kappa shape index (κ1) is 27.8. The average Bonchev–Trinajstić information content (AvgIpc) is 3.49. The number of benzene rings is 1. The third kappa shape index (κ3) is 6.26. The highest BCUT2D eigenvalue weighted by molar-refractivity contribution is 5.94. The minimum atomic E-state index is -0.807. The topological polar surface area (TPSA) is 83.0 Å². The van der Waals surface area contributed by atoms with E-state index in [0.29, 0.717) is 26.1 Å². The summed E-state index contributed by atoms with van der Waals surface area (Å²) in [6.07, 6.45) is 10.9. The number of carbonyl (C=O) groups is 2. The Balaban J connectivity index is 1.67. The van der Waals surface area contributed by atoms with Gasteiger partial charge in [-0.05, 0) is 54.5 Å². The monoisotopic (exact) mass is 519 g/mol. The van der Waals surface area contributed by atoms with Crippen LogP contribution in [0.1, 0.15) is 64.0 Å². The Morgan fingerprint density at radius 1 is 1.29 bits per heavy atom. The Labute approximate surface area is 226 Å². The standard InChI is InChI=1S/C31H41N3O4/c1-5-7-15-34(24-9-8-14-32-19-24)28(35)21-33-20-25(22-10-11-27-23(17-22)12-16-38-27)29(30(36)37)26(33)18-31(3,4)13-6-2/h6,8-11,13-14,17,19,25-26,29H,5,7,12,15-16,18,20-21H2,1-4H3,(H,36,37)/t25-,26+,29-/m1/s1. The molecule has 2 aliphatic heterocycles. The largest absolute Gasteiger partial charge is 0.493 e. The molecular formula is C31H41N3O4. The number of carbonyl (C=O) groups excluding carboxylic acids is 1. The van der Waals surface area contributed by atoms with Crippen LogP contribution in [0.3, 0.4) is 0 Å². The van der Waals surface area contributed by atoms with Crippen LogP contribution in [-0.2, 0) is 16.0 Å². The Morgan fingerprint density at radius 3 is 2.79 bits per heavy atom. The highest BCUT2D eigenvalue weighted by Crippen LogP contribution is 2.44. The van der Waals surface area contributed by atoms with Gasteiger partial charge in [0.05, 0.1) is 31.0 Å². The van der Waals surface area contributed by atoms with Crippen LogP contribution in [0.4, 0.5) is 5.69 Å². The van der Waals surface area contributed by atoms with Crippen LogP contribution in [0, 0.1) is 11.3 Å². The second-order valence-corrected chi connectivity index (χ2v) is 11.2. The number of rotatable bonds is 11. The lowest BCUT2D eigenvalue weighted by Crippen LogP contribution is -2.45. The highest BCUT2D eigenvalue weighted by Gasteiger charge is 2.48. The van der Waals surface area contributed by atoms with E-state index in [1.54, 1.807) is 17.3 Å². The summed E-state index contributed by atoms with van der Waals surface area (Å²) in [5.41, 5.74) is 2.72. The lowest BCUT2D eigenvalue weighted by atomic mass is 9.77. The van der Waals surface area contributed by atoms with Crippen molar-refractivity contribution in [1.29, 1.82) is 0 Å². The first-order valence-electron chi connectivity index (χ1n) is 13.8. The van der Waals surface area contributed by atoms with Gasteiger partial charge in [-0.25, -0.2) is 0 Å². The molecule has 2 aliphatic rings. The summed E-state index contributed by atoms with van der Waals surface area (Å²) in [7, 11) is 0. The molecule has 7 heteroatoms. The van der Waals surface area contributed by atoms with Crippen LogP contribution in [0.15, 0.2) is 54.9 Å². The molecule has 0 bridgehead atoms. The molecule has 204 valence electrons. The van der Waals surface area contributed by atoms with Gasteiger partial charge in [0.25, 0.3) is 0 Å². The summed E-state index contributed by atoms with van der Waals surface area (Å²) in [4.78, 5) is 34.8. The molecule has 1 aromatic carbocycles. The Morgan fingerprint density at radius 2 is 2.11 bits per heavy atom. The summed E-state index contributed by atoms with van der Waals surface area (Å²) >= 11 is 0. The van der Waals surface area contributed by atoms with E-state index in [-0.39, 0.29) is 29.8 Å². The quantitative estimate of drug-likeness (QED) is 0.405. The first-order chi connectivity index (χ1) is 18.2. The zero-order valence-corrected chi connectivity index (χ0v) is 23.1. The normalized spacial score (nSPS) is 21.4. The number of anilines is 1. The third-order valence-electron chi connectivity index (χ3n) is 7.86. The van der Waals surface area contributed by atoms with Crippen molar-refractivity contribution in [3.63, 3.8) is 0 Å². The zero-order valence-electron chi connectivity index (χ0n) is 23.1. The van der Waals surface area contributed by atoms with Crippen molar-refractivity contribution < 1.29 is 19.4 Å². The number of allylic oxidation sites excluding steroid dienone is 2. The van der Waals surface area contributed by atoms with Gasteiger partial charge in [-0.2, -0.15) is 0 Å². The summed E-state index contributed by atoms with van der Waals surface area (Å²) < 4.78 is 5.69. The Bertz CT molecular complexity index is 1150. The number of nitrogens with zero attached hydrogens (tertiary/aromatic N) is 3. The number of aromatic nitrogens is 1. The molecule has 3 heterocycles. The number of aliphatic carboxylic acids is 1. The van der Waals surface area contributed by atoms with E-state index in [1.165, 1.54) is 0 Å². The number of unbranched alkanes of at least 4 members (excludes halogenated alkanes) is 1.